The fraction of sp³-hybridized carbons (Fsp3) is 0.240. The number of aromatic nitrogens is 4. The molecule has 0 aliphatic rings. The van der Waals surface area contributed by atoms with Gasteiger partial charge in [-0.3, -0.25) is 0 Å². The number of anilines is 1. The summed E-state index contributed by atoms with van der Waals surface area (Å²) in [5, 5.41) is 11.4. The van der Waals surface area contributed by atoms with Crippen LogP contribution in [0.1, 0.15) is 27.8 Å². The Balaban J connectivity index is 1.83. The Hall–Kier alpha value is -4.10. The van der Waals surface area contributed by atoms with Crippen molar-refractivity contribution in [1.29, 1.82) is 0 Å². The number of benzene rings is 3. The predicted octanol–water partition coefficient (Wildman–Crippen LogP) is 7.14. The molecule has 0 aliphatic carbocycles. The van der Waals surface area contributed by atoms with Crippen LogP contribution in [0.25, 0.3) is 11.1 Å². The summed E-state index contributed by atoms with van der Waals surface area (Å²) in [6.07, 6.45) is -14.9. The first-order chi connectivity index (χ1) is 18.1. The third-order valence-corrected chi connectivity index (χ3v) is 5.68. The Morgan fingerprint density at radius 3 is 1.79 bits per heavy atom. The third kappa shape index (κ3) is 6.67. The second-order valence-electron chi connectivity index (χ2n) is 8.58. The predicted molar refractivity (Wildman–Crippen MR) is 122 cm³/mol. The van der Waals surface area contributed by atoms with Crippen LogP contribution in [0.4, 0.5) is 45.5 Å². The van der Waals surface area contributed by atoms with Crippen LogP contribution in [0.15, 0.2) is 66.7 Å². The highest BCUT2D eigenvalue weighted by Gasteiger charge is 2.37. The SMILES string of the molecule is Cn1nnc(N(Cc2cc(C(F)(F)F)cc(C(F)(F)F)c2)Cc2cc(C(F)(F)F)ccc2-c2ccccc2)n1. The van der Waals surface area contributed by atoms with Crippen LogP contribution in [-0.2, 0) is 38.7 Å². The Morgan fingerprint density at radius 2 is 1.28 bits per heavy atom. The maximum absolute atomic E-state index is 13.6. The first-order valence-corrected chi connectivity index (χ1v) is 11.1. The lowest BCUT2D eigenvalue weighted by Gasteiger charge is -2.24. The average molecular weight is 559 g/mol. The van der Waals surface area contributed by atoms with Crippen molar-refractivity contribution in [1.82, 2.24) is 20.2 Å². The van der Waals surface area contributed by atoms with Gasteiger partial charge in [-0.1, -0.05) is 41.5 Å². The standard InChI is InChI=1S/C25H18F9N5/c1-38-36-22(35-37-38)39(13-15-9-19(24(29,30)31)12-20(10-15)25(32,33)34)14-17-11-18(23(26,27)28)7-8-21(17)16-5-3-2-4-6-16/h2-12H,13-14H2,1H3. The van der Waals surface area contributed by atoms with Crippen molar-refractivity contribution in [2.24, 2.45) is 7.05 Å². The molecule has 1 aromatic heterocycles. The molecule has 4 aromatic rings. The maximum atomic E-state index is 13.6. The molecule has 0 atom stereocenters. The number of hydrogen-bond acceptors (Lipinski definition) is 4. The summed E-state index contributed by atoms with van der Waals surface area (Å²) in [4.78, 5) is 2.16. The molecule has 0 unspecified atom stereocenters. The van der Waals surface area contributed by atoms with Gasteiger partial charge in [-0.05, 0) is 57.8 Å². The minimum absolute atomic E-state index is 0.00523. The molecule has 1 heterocycles. The molecule has 5 nitrogen and oxygen atoms in total. The van der Waals surface area contributed by atoms with Gasteiger partial charge in [0.25, 0.3) is 5.95 Å². The van der Waals surface area contributed by atoms with E-state index in [1.165, 1.54) is 13.1 Å². The molecule has 39 heavy (non-hydrogen) atoms. The fourth-order valence-corrected chi connectivity index (χ4v) is 3.93. The molecule has 206 valence electrons. The highest BCUT2D eigenvalue weighted by atomic mass is 19.4. The molecule has 0 aliphatic heterocycles. The van der Waals surface area contributed by atoms with Gasteiger partial charge in [-0.15, -0.1) is 5.10 Å². The van der Waals surface area contributed by atoms with E-state index in [1.54, 1.807) is 30.3 Å². The van der Waals surface area contributed by atoms with Crippen LogP contribution in [-0.4, -0.2) is 20.2 Å². The quantitative estimate of drug-likeness (QED) is 0.236. The molecule has 14 heteroatoms. The second-order valence-corrected chi connectivity index (χ2v) is 8.58. The summed E-state index contributed by atoms with van der Waals surface area (Å²) >= 11 is 0. The highest BCUT2D eigenvalue weighted by Crippen LogP contribution is 2.38. The van der Waals surface area contributed by atoms with E-state index in [9.17, 15) is 39.5 Å². The number of hydrogen-bond donors (Lipinski definition) is 0. The lowest BCUT2D eigenvalue weighted by Crippen LogP contribution is -2.25. The smallest absolute Gasteiger partial charge is 0.330 e. The summed E-state index contributed by atoms with van der Waals surface area (Å²) < 4.78 is 121. The Morgan fingerprint density at radius 1 is 0.692 bits per heavy atom. The Bertz CT molecular complexity index is 1410. The normalized spacial score (nSPS) is 12.6. The number of nitrogens with zero attached hydrogens (tertiary/aromatic N) is 5. The van der Waals surface area contributed by atoms with E-state index in [1.807, 2.05) is 0 Å². The van der Waals surface area contributed by atoms with Crippen molar-refractivity contribution < 1.29 is 39.5 Å². The number of aryl methyl sites for hydroxylation is 1. The van der Waals surface area contributed by atoms with Gasteiger partial charge in [0.05, 0.1) is 23.7 Å². The van der Waals surface area contributed by atoms with E-state index >= 15 is 0 Å². The fourth-order valence-electron chi connectivity index (χ4n) is 3.93. The van der Waals surface area contributed by atoms with E-state index in [0.29, 0.717) is 23.3 Å². The molecular weight excluding hydrogens is 541 g/mol. The first-order valence-electron chi connectivity index (χ1n) is 11.1. The summed E-state index contributed by atoms with van der Waals surface area (Å²) in [7, 11) is 1.38. The van der Waals surface area contributed by atoms with Crippen LogP contribution in [0.3, 0.4) is 0 Å². The lowest BCUT2D eigenvalue weighted by atomic mass is 9.96. The van der Waals surface area contributed by atoms with Gasteiger partial charge in [0.1, 0.15) is 0 Å². The lowest BCUT2D eigenvalue weighted by molar-refractivity contribution is -0.143. The van der Waals surface area contributed by atoms with Gasteiger partial charge in [-0.2, -0.15) is 44.3 Å². The molecule has 0 spiro atoms. The topological polar surface area (TPSA) is 46.8 Å². The van der Waals surface area contributed by atoms with E-state index in [0.717, 1.165) is 21.8 Å². The van der Waals surface area contributed by atoms with Crippen LogP contribution in [0.5, 0.6) is 0 Å². The summed E-state index contributed by atoms with van der Waals surface area (Å²) in [5.74, 6) is -0.208. The molecule has 4 rings (SSSR count). The molecule has 0 saturated heterocycles. The summed E-state index contributed by atoms with van der Waals surface area (Å²) in [6.45, 7) is -0.986. The van der Waals surface area contributed by atoms with E-state index < -0.39 is 53.9 Å². The molecule has 0 fully saturated rings. The molecule has 3 aromatic carbocycles. The second kappa shape index (κ2) is 10.2. The number of halogens is 9. The van der Waals surface area contributed by atoms with E-state index in [-0.39, 0.29) is 17.6 Å². The number of alkyl halides is 9. The summed E-state index contributed by atoms with van der Waals surface area (Å²) in [5.41, 5.74) is -3.43. The van der Waals surface area contributed by atoms with Crippen LogP contribution in [0.2, 0.25) is 0 Å². The zero-order valence-corrected chi connectivity index (χ0v) is 19.9. The maximum Gasteiger partial charge on any atom is 0.416 e. The number of tetrazole rings is 1. The van der Waals surface area contributed by atoms with Gasteiger partial charge in [0, 0.05) is 13.1 Å². The van der Waals surface area contributed by atoms with Crippen molar-refractivity contribution >= 4 is 5.95 Å². The van der Waals surface area contributed by atoms with Crippen molar-refractivity contribution in [2.45, 2.75) is 31.6 Å². The molecule has 0 bridgehead atoms. The molecule has 0 radical (unpaired) electrons. The van der Waals surface area contributed by atoms with Gasteiger partial charge in [0.15, 0.2) is 0 Å². The zero-order chi connectivity index (χ0) is 28.6. The van der Waals surface area contributed by atoms with Crippen LogP contribution < -0.4 is 4.90 Å². The monoisotopic (exact) mass is 559 g/mol. The molecule has 0 amide bonds. The van der Waals surface area contributed by atoms with Gasteiger partial charge >= 0.3 is 18.5 Å². The largest absolute Gasteiger partial charge is 0.416 e. The molecule has 0 saturated carbocycles. The average Bonchev–Trinajstić information content (AvgIpc) is 3.28. The van der Waals surface area contributed by atoms with Crippen LogP contribution in [0, 0.1) is 0 Å². The Kier molecular flexibility index (Phi) is 7.32. The van der Waals surface area contributed by atoms with Crippen molar-refractivity contribution in [3.63, 3.8) is 0 Å². The van der Waals surface area contributed by atoms with Crippen molar-refractivity contribution in [3.8, 4) is 11.1 Å². The van der Waals surface area contributed by atoms with Crippen LogP contribution >= 0.6 is 0 Å². The first kappa shape index (κ1) is 27.9. The minimum Gasteiger partial charge on any atom is -0.330 e. The summed E-state index contributed by atoms with van der Waals surface area (Å²) in [6, 6.07) is 12.4. The molecule has 0 N–H and O–H groups in total. The van der Waals surface area contributed by atoms with E-state index in [2.05, 4.69) is 15.4 Å². The van der Waals surface area contributed by atoms with Gasteiger partial charge < -0.3 is 4.90 Å². The van der Waals surface area contributed by atoms with Crippen molar-refractivity contribution in [2.75, 3.05) is 4.90 Å². The van der Waals surface area contributed by atoms with E-state index in [4.69, 9.17) is 0 Å². The van der Waals surface area contributed by atoms with Gasteiger partial charge in [-0.25, -0.2) is 0 Å². The van der Waals surface area contributed by atoms with Gasteiger partial charge in [0.2, 0.25) is 0 Å². The minimum atomic E-state index is -5.08. The Labute approximate surface area is 215 Å². The van der Waals surface area contributed by atoms with Crippen molar-refractivity contribution in [3.05, 3.63) is 94.5 Å². The molecular formula is C25H18F9N5. The number of rotatable bonds is 6. The third-order valence-electron chi connectivity index (χ3n) is 5.68. The highest BCUT2D eigenvalue weighted by molar-refractivity contribution is 5.68. The zero-order valence-electron chi connectivity index (χ0n) is 19.9.